The number of carbonyl (C=O) groups excluding carboxylic acids is 1. The first kappa shape index (κ1) is 19.6. The molecule has 26 heavy (non-hydrogen) atoms. The zero-order valence-electron chi connectivity index (χ0n) is 14.2. The largest absolute Gasteiger partial charge is 0.478 e. The molecule has 0 bridgehead atoms. The Bertz CT molecular complexity index is 811. The van der Waals surface area contributed by atoms with Crippen LogP contribution < -0.4 is 5.32 Å². The van der Waals surface area contributed by atoms with Crippen molar-refractivity contribution in [2.45, 2.75) is 38.9 Å². The Kier molecular flexibility index (Phi) is 5.74. The van der Waals surface area contributed by atoms with Gasteiger partial charge in [-0.05, 0) is 30.5 Å². The van der Waals surface area contributed by atoms with Crippen molar-refractivity contribution in [2.75, 3.05) is 0 Å². The molecule has 8 heteroatoms. The second-order valence-electron chi connectivity index (χ2n) is 5.95. The summed E-state index contributed by atoms with van der Waals surface area (Å²) < 4.78 is 44.4. The van der Waals surface area contributed by atoms with Crippen LogP contribution in [0.15, 0.2) is 34.7 Å². The summed E-state index contributed by atoms with van der Waals surface area (Å²) in [5.41, 5.74) is -0.702. The molecule has 0 saturated heterocycles. The number of halogens is 3. The fraction of sp³-hybridized carbons (Fsp3) is 0.333. The number of aromatic carboxylic acids is 1. The summed E-state index contributed by atoms with van der Waals surface area (Å²) in [7, 11) is 0. The SMILES string of the molecule is Cc1oc(CNC(=O)CC(C)c2ccccc2C(F)(F)F)cc1C(=O)O. The normalized spacial score (nSPS) is 12.7. The molecule has 1 heterocycles. The molecule has 5 nitrogen and oxygen atoms in total. The van der Waals surface area contributed by atoms with E-state index in [1.165, 1.54) is 31.2 Å². The van der Waals surface area contributed by atoms with Gasteiger partial charge in [0.05, 0.1) is 12.1 Å². The van der Waals surface area contributed by atoms with Crippen LogP contribution in [-0.2, 0) is 17.5 Å². The van der Waals surface area contributed by atoms with Crippen molar-refractivity contribution in [3.8, 4) is 0 Å². The smallest absolute Gasteiger partial charge is 0.416 e. The van der Waals surface area contributed by atoms with E-state index in [4.69, 9.17) is 9.52 Å². The lowest BCUT2D eigenvalue weighted by atomic mass is 9.92. The lowest BCUT2D eigenvalue weighted by Gasteiger charge is -2.18. The van der Waals surface area contributed by atoms with E-state index in [1.54, 1.807) is 6.92 Å². The van der Waals surface area contributed by atoms with Gasteiger partial charge in [-0.25, -0.2) is 4.79 Å². The van der Waals surface area contributed by atoms with Crippen molar-refractivity contribution in [3.05, 3.63) is 58.5 Å². The summed E-state index contributed by atoms with van der Waals surface area (Å²) in [6.07, 6.45) is -4.63. The van der Waals surface area contributed by atoms with Crippen LogP contribution in [0.25, 0.3) is 0 Å². The number of furan rings is 1. The standard InChI is InChI=1S/C18H18F3NO4/c1-10(13-5-3-4-6-15(13)18(19,20)21)7-16(23)22-9-12-8-14(17(24)25)11(2)26-12/h3-6,8,10H,7,9H2,1-2H3,(H,22,23)(H,24,25). The third kappa shape index (κ3) is 4.65. The number of rotatable bonds is 6. The molecule has 140 valence electrons. The average molecular weight is 369 g/mol. The van der Waals surface area contributed by atoms with Gasteiger partial charge in [0.1, 0.15) is 17.1 Å². The van der Waals surface area contributed by atoms with Crippen molar-refractivity contribution < 1.29 is 32.3 Å². The molecule has 1 aromatic carbocycles. The predicted octanol–water partition coefficient (Wildman–Crippen LogP) is 4.12. The van der Waals surface area contributed by atoms with E-state index in [0.717, 1.165) is 6.07 Å². The highest BCUT2D eigenvalue weighted by atomic mass is 19.4. The van der Waals surface area contributed by atoms with E-state index in [9.17, 15) is 22.8 Å². The van der Waals surface area contributed by atoms with E-state index >= 15 is 0 Å². The molecule has 0 aliphatic heterocycles. The minimum Gasteiger partial charge on any atom is -0.478 e. The second kappa shape index (κ2) is 7.63. The highest BCUT2D eigenvalue weighted by Crippen LogP contribution is 2.35. The number of aryl methyl sites for hydroxylation is 1. The van der Waals surface area contributed by atoms with Gasteiger partial charge < -0.3 is 14.8 Å². The number of hydrogen-bond acceptors (Lipinski definition) is 3. The van der Waals surface area contributed by atoms with Crippen molar-refractivity contribution in [1.29, 1.82) is 0 Å². The Labute approximate surface area is 147 Å². The summed E-state index contributed by atoms with van der Waals surface area (Å²) in [4.78, 5) is 23.0. The molecule has 2 N–H and O–H groups in total. The first-order valence-electron chi connectivity index (χ1n) is 7.85. The molecule has 0 saturated carbocycles. The topological polar surface area (TPSA) is 79.5 Å². The quantitative estimate of drug-likeness (QED) is 0.803. The third-order valence-corrected chi connectivity index (χ3v) is 3.95. The monoisotopic (exact) mass is 369 g/mol. The van der Waals surface area contributed by atoms with Gasteiger partial charge in [0, 0.05) is 6.42 Å². The van der Waals surface area contributed by atoms with Crippen molar-refractivity contribution >= 4 is 11.9 Å². The number of benzene rings is 1. The van der Waals surface area contributed by atoms with Crippen molar-refractivity contribution in [3.63, 3.8) is 0 Å². The summed E-state index contributed by atoms with van der Waals surface area (Å²) in [6, 6.07) is 6.45. The molecule has 1 atom stereocenters. The molecular formula is C18H18F3NO4. The van der Waals surface area contributed by atoms with Gasteiger partial charge in [-0.1, -0.05) is 25.1 Å². The summed E-state index contributed by atoms with van der Waals surface area (Å²) in [5.74, 6) is -1.76. The maximum Gasteiger partial charge on any atom is 0.416 e. The molecule has 0 aliphatic rings. The van der Waals surface area contributed by atoms with Crippen LogP contribution in [0, 0.1) is 6.92 Å². The van der Waals surface area contributed by atoms with Crippen molar-refractivity contribution in [2.24, 2.45) is 0 Å². The van der Waals surface area contributed by atoms with Crippen LogP contribution in [0.3, 0.4) is 0 Å². The summed E-state index contributed by atoms with van der Waals surface area (Å²) >= 11 is 0. The van der Waals surface area contributed by atoms with Crippen LogP contribution in [0.4, 0.5) is 13.2 Å². The van der Waals surface area contributed by atoms with Gasteiger partial charge in [-0.3, -0.25) is 4.79 Å². The lowest BCUT2D eigenvalue weighted by Crippen LogP contribution is -2.24. The molecule has 1 unspecified atom stereocenters. The predicted molar refractivity (Wildman–Crippen MR) is 86.7 cm³/mol. The maximum absolute atomic E-state index is 13.1. The van der Waals surface area contributed by atoms with Crippen LogP contribution in [0.2, 0.25) is 0 Å². The number of nitrogens with one attached hydrogen (secondary N) is 1. The summed E-state index contributed by atoms with van der Waals surface area (Å²) in [6.45, 7) is 3.00. The number of carboxylic acids is 1. The van der Waals surface area contributed by atoms with Gasteiger partial charge in [0.15, 0.2) is 0 Å². The zero-order chi connectivity index (χ0) is 19.5. The number of amides is 1. The number of alkyl halides is 3. The fourth-order valence-electron chi connectivity index (χ4n) is 2.67. The number of carbonyl (C=O) groups is 2. The lowest BCUT2D eigenvalue weighted by molar-refractivity contribution is -0.138. The van der Waals surface area contributed by atoms with Crippen molar-refractivity contribution in [1.82, 2.24) is 5.32 Å². The molecule has 1 aromatic heterocycles. The average Bonchev–Trinajstić information content (AvgIpc) is 2.93. The number of carboxylic acid groups (broad SMARTS) is 1. The van der Waals surface area contributed by atoms with E-state index in [0.29, 0.717) is 0 Å². The van der Waals surface area contributed by atoms with Crippen LogP contribution >= 0.6 is 0 Å². The Morgan fingerprint density at radius 3 is 2.50 bits per heavy atom. The zero-order valence-corrected chi connectivity index (χ0v) is 14.2. The van der Waals surface area contributed by atoms with Gasteiger partial charge >= 0.3 is 12.1 Å². The molecule has 0 aliphatic carbocycles. The minimum atomic E-state index is -4.49. The van der Waals surface area contributed by atoms with E-state index in [-0.39, 0.29) is 35.6 Å². The minimum absolute atomic E-state index is 0.00159. The molecule has 2 aromatic rings. The van der Waals surface area contributed by atoms with Crippen LogP contribution in [-0.4, -0.2) is 17.0 Å². The fourth-order valence-corrected chi connectivity index (χ4v) is 2.67. The Hall–Kier alpha value is -2.77. The molecule has 0 spiro atoms. The molecule has 0 fully saturated rings. The third-order valence-electron chi connectivity index (χ3n) is 3.95. The molecular weight excluding hydrogens is 351 g/mol. The highest BCUT2D eigenvalue weighted by Gasteiger charge is 2.34. The molecule has 0 radical (unpaired) electrons. The van der Waals surface area contributed by atoms with Crippen LogP contribution in [0.5, 0.6) is 0 Å². The van der Waals surface area contributed by atoms with E-state index in [2.05, 4.69) is 5.32 Å². The Morgan fingerprint density at radius 2 is 1.92 bits per heavy atom. The second-order valence-corrected chi connectivity index (χ2v) is 5.95. The first-order chi connectivity index (χ1) is 12.1. The molecule has 2 rings (SSSR count). The Morgan fingerprint density at radius 1 is 1.27 bits per heavy atom. The molecule has 1 amide bonds. The van der Waals surface area contributed by atoms with Gasteiger partial charge in [0.2, 0.25) is 5.91 Å². The van der Waals surface area contributed by atoms with Gasteiger partial charge in [0.25, 0.3) is 0 Å². The van der Waals surface area contributed by atoms with E-state index < -0.39 is 29.5 Å². The van der Waals surface area contributed by atoms with Crippen LogP contribution in [0.1, 0.15) is 52.3 Å². The van der Waals surface area contributed by atoms with E-state index in [1.807, 2.05) is 0 Å². The maximum atomic E-state index is 13.1. The summed E-state index contributed by atoms with van der Waals surface area (Å²) in [5, 5.41) is 11.5. The first-order valence-corrected chi connectivity index (χ1v) is 7.85. The van der Waals surface area contributed by atoms with Gasteiger partial charge in [-0.15, -0.1) is 0 Å². The number of hydrogen-bond donors (Lipinski definition) is 2. The Balaban J connectivity index is 2.00. The van der Waals surface area contributed by atoms with Gasteiger partial charge in [-0.2, -0.15) is 13.2 Å². The highest BCUT2D eigenvalue weighted by molar-refractivity contribution is 5.88.